The molecule has 2 heterocycles. The molecule has 1 aromatic carbocycles. The van der Waals surface area contributed by atoms with Gasteiger partial charge in [0.25, 0.3) is 0 Å². The van der Waals surface area contributed by atoms with Crippen molar-refractivity contribution < 1.29 is 14.2 Å². The van der Waals surface area contributed by atoms with Crippen LogP contribution in [0.2, 0.25) is 0 Å². The highest BCUT2D eigenvalue weighted by molar-refractivity contribution is 5.90. The normalized spacial score (nSPS) is 10.2. The van der Waals surface area contributed by atoms with E-state index >= 15 is 0 Å². The van der Waals surface area contributed by atoms with Crippen LogP contribution < -0.4 is 19.5 Å². The molecule has 0 spiro atoms. The van der Waals surface area contributed by atoms with Crippen molar-refractivity contribution in [3.8, 4) is 23.3 Å². The van der Waals surface area contributed by atoms with Gasteiger partial charge in [0, 0.05) is 23.2 Å². The molecule has 0 saturated carbocycles. The molecule has 0 saturated heterocycles. The Morgan fingerprint density at radius 1 is 1.08 bits per heavy atom. The Kier molecular flexibility index (Phi) is 4.07. The maximum atomic E-state index is 9.13. The van der Waals surface area contributed by atoms with Gasteiger partial charge in [-0.1, -0.05) is 0 Å². The number of benzene rings is 1. The molecule has 0 fully saturated rings. The van der Waals surface area contributed by atoms with Crippen LogP contribution in [-0.2, 0) is 0 Å². The molecule has 0 aliphatic heterocycles. The maximum Gasteiger partial charge on any atom is 0.203 e. The third-order valence-electron chi connectivity index (χ3n) is 3.47. The van der Waals surface area contributed by atoms with Gasteiger partial charge in [0.05, 0.1) is 27.5 Å². The van der Waals surface area contributed by atoms with Crippen LogP contribution in [0.4, 0.5) is 11.5 Å². The minimum Gasteiger partial charge on any atom is -0.493 e. The van der Waals surface area contributed by atoms with E-state index in [2.05, 4.69) is 20.5 Å². The molecule has 24 heavy (non-hydrogen) atoms. The van der Waals surface area contributed by atoms with Gasteiger partial charge in [0.1, 0.15) is 17.3 Å². The van der Waals surface area contributed by atoms with Gasteiger partial charge in [-0.15, -0.1) is 0 Å². The average molecular weight is 325 g/mol. The molecular weight excluding hydrogens is 310 g/mol. The number of H-pyrrole nitrogens is 1. The number of pyridine rings is 1. The van der Waals surface area contributed by atoms with Crippen LogP contribution in [0.15, 0.2) is 24.4 Å². The van der Waals surface area contributed by atoms with Gasteiger partial charge < -0.3 is 19.5 Å². The van der Waals surface area contributed by atoms with Crippen LogP contribution >= 0.6 is 0 Å². The van der Waals surface area contributed by atoms with Gasteiger partial charge in [-0.25, -0.2) is 4.98 Å². The summed E-state index contributed by atoms with van der Waals surface area (Å²) in [6.45, 7) is 0. The number of hydrogen-bond acceptors (Lipinski definition) is 7. The highest BCUT2D eigenvalue weighted by Crippen LogP contribution is 2.40. The summed E-state index contributed by atoms with van der Waals surface area (Å²) in [6, 6.07) is 7.21. The predicted molar refractivity (Wildman–Crippen MR) is 88.0 cm³/mol. The van der Waals surface area contributed by atoms with E-state index in [1.54, 1.807) is 45.7 Å². The lowest BCUT2D eigenvalue weighted by atomic mass is 10.2. The van der Waals surface area contributed by atoms with Crippen LogP contribution in [-0.4, -0.2) is 36.5 Å². The first kappa shape index (κ1) is 15.4. The molecule has 122 valence electrons. The first-order valence-corrected chi connectivity index (χ1v) is 7.01. The van der Waals surface area contributed by atoms with Crippen molar-refractivity contribution in [2.24, 2.45) is 0 Å². The van der Waals surface area contributed by atoms with E-state index in [9.17, 15) is 0 Å². The molecule has 3 aromatic rings. The van der Waals surface area contributed by atoms with Crippen molar-refractivity contribution in [2.75, 3.05) is 26.6 Å². The minimum absolute atomic E-state index is 0.291. The van der Waals surface area contributed by atoms with Gasteiger partial charge in [0.15, 0.2) is 17.3 Å². The summed E-state index contributed by atoms with van der Waals surface area (Å²) in [6.07, 6.45) is 1.64. The summed E-state index contributed by atoms with van der Waals surface area (Å²) in [5.74, 6) is 2.00. The number of ether oxygens (including phenoxy) is 3. The smallest absolute Gasteiger partial charge is 0.203 e. The lowest BCUT2D eigenvalue weighted by Crippen LogP contribution is -2.00. The van der Waals surface area contributed by atoms with Crippen LogP contribution in [0.1, 0.15) is 5.69 Å². The molecule has 2 aromatic heterocycles. The molecule has 8 heteroatoms. The van der Waals surface area contributed by atoms with E-state index in [1.807, 2.05) is 6.07 Å². The van der Waals surface area contributed by atoms with Gasteiger partial charge in [-0.05, 0) is 6.07 Å². The van der Waals surface area contributed by atoms with E-state index in [1.165, 1.54) is 0 Å². The second kappa shape index (κ2) is 6.34. The Balaban J connectivity index is 2.09. The average Bonchev–Trinajstić information content (AvgIpc) is 3.09. The first-order valence-electron chi connectivity index (χ1n) is 7.01. The van der Waals surface area contributed by atoms with Crippen LogP contribution in [0, 0.1) is 11.3 Å². The summed E-state index contributed by atoms with van der Waals surface area (Å²) in [5, 5.41) is 19.9. The summed E-state index contributed by atoms with van der Waals surface area (Å²) in [4.78, 5) is 4.28. The van der Waals surface area contributed by atoms with E-state index in [4.69, 9.17) is 19.5 Å². The van der Waals surface area contributed by atoms with Crippen molar-refractivity contribution in [3.63, 3.8) is 0 Å². The zero-order valence-corrected chi connectivity index (χ0v) is 13.4. The number of nitriles is 1. The molecule has 8 nitrogen and oxygen atoms in total. The number of aromatic nitrogens is 3. The third-order valence-corrected chi connectivity index (χ3v) is 3.47. The van der Waals surface area contributed by atoms with Gasteiger partial charge in [-0.3, -0.25) is 5.10 Å². The monoisotopic (exact) mass is 325 g/mol. The highest BCUT2D eigenvalue weighted by Gasteiger charge is 2.15. The molecule has 0 radical (unpaired) electrons. The number of methoxy groups -OCH3 is 3. The molecular formula is C16H15N5O3. The number of anilines is 2. The zero-order chi connectivity index (χ0) is 17.1. The van der Waals surface area contributed by atoms with Crippen molar-refractivity contribution in [2.45, 2.75) is 0 Å². The Morgan fingerprint density at radius 3 is 2.38 bits per heavy atom. The number of hydrogen-bond donors (Lipinski definition) is 2. The summed E-state index contributed by atoms with van der Waals surface area (Å²) in [7, 11) is 4.63. The zero-order valence-electron chi connectivity index (χ0n) is 13.4. The molecule has 3 rings (SSSR count). The highest BCUT2D eigenvalue weighted by atomic mass is 16.5. The predicted octanol–water partition coefficient (Wildman–Crippen LogP) is 2.60. The number of nitrogens with one attached hydrogen (secondary N) is 2. The second-order valence-corrected chi connectivity index (χ2v) is 4.84. The summed E-state index contributed by atoms with van der Waals surface area (Å²) >= 11 is 0. The third kappa shape index (κ3) is 2.63. The molecule has 0 amide bonds. The number of fused-ring (bicyclic) bond motifs is 1. The van der Waals surface area contributed by atoms with Gasteiger partial charge >= 0.3 is 0 Å². The second-order valence-electron chi connectivity index (χ2n) is 4.84. The SMILES string of the molecule is COc1cc(Nc2nc(C#N)cc3cn[nH]c23)cc(OC)c1OC. The number of aromatic amines is 1. The molecule has 0 unspecified atom stereocenters. The quantitative estimate of drug-likeness (QED) is 0.742. The fourth-order valence-corrected chi connectivity index (χ4v) is 2.39. The Labute approximate surface area is 138 Å². The fraction of sp³-hybridized carbons (Fsp3) is 0.188. The van der Waals surface area contributed by atoms with E-state index in [0.717, 1.165) is 5.39 Å². The lowest BCUT2D eigenvalue weighted by molar-refractivity contribution is 0.324. The van der Waals surface area contributed by atoms with Crippen molar-refractivity contribution in [3.05, 3.63) is 30.1 Å². The number of nitrogens with zero attached hydrogens (tertiary/aromatic N) is 3. The van der Waals surface area contributed by atoms with E-state index < -0.39 is 0 Å². The summed E-state index contributed by atoms with van der Waals surface area (Å²) in [5.41, 5.74) is 1.66. The molecule has 2 N–H and O–H groups in total. The van der Waals surface area contributed by atoms with Gasteiger partial charge in [0.2, 0.25) is 5.75 Å². The summed E-state index contributed by atoms with van der Waals surface area (Å²) < 4.78 is 16.0. The fourth-order valence-electron chi connectivity index (χ4n) is 2.39. The van der Waals surface area contributed by atoms with E-state index in [-0.39, 0.29) is 0 Å². The standard InChI is InChI=1S/C16H15N5O3/c1-22-12-5-10(6-13(23-2)15(12)24-3)19-16-14-9(8-18-21-14)4-11(7-17)20-16/h4-6,8H,1-3H3,(H,18,21)(H,19,20). The van der Waals surface area contributed by atoms with Gasteiger partial charge in [-0.2, -0.15) is 10.4 Å². The van der Waals surface area contributed by atoms with Crippen molar-refractivity contribution in [1.29, 1.82) is 5.26 Å². The minimum atomic E-state index is 0.291. The van der Waals surface area contributed by atoms with Crippen molar-refractivity contribution >= 4 is 22.4 Å². The first-order chi connectivity index (χ1) is 11.7. The van der Waals surface area contributed by atoms with Crippen LogP contribution in [0.25, 0.3) is 10.9 Å². The largest absolute Gasteiger partial charge is 0.493 e. The van der Waals surface area contributed by atoms with Crippen molar-refractivity contribution in [1.82, 2.24) is 15.2 Å². The molecule has 0 bridgehead atoms. The molecule has 0 atom stereocenters. The van der Waals surface area contributed by atoms with Crippen LogP contribution in [0.5, 0.6) is 17.2 Å². The Hall–Kier alpha value is -3.47. The number of rotatable bonds is 5. The Morgan fingerprint density at radius 2 is 1.79 bits per heavy atom. The van der Waals surface area contributed by atoms with Crippen LogP contribution in [0.3, 0.4) is 0 Å². The maximum absolute atomic E-state index is 9.13. The Bertz CT molecular complexity index is 904. The topological polar surface area (TPSA) is 105 Å². The molecule has 0 aliphatic carbocycles. The lowest BCUT2D eigenvalue weighted by Gasteiger charge is -2.15. The van der Waals surface area contributed by atoms with E-state index in [0.29, 0.717) is 40.0 Å². The molecule has 0 aliphatic rings.